The molecule has 0 saturated carbocycles. The van der Waals surface area contributed by atoms with Gasteiger partial charge in [-0.2, -0.15) is 5.26 Å². The minimum absolute atomic E-state index is 0.0324. The van der Waals surface area contributed by atoms with Gasteiger partial charge in [-0.15, -0.1) is 0 Å². The number of hydrogen-bond acceptors (Lipinski definition) is 4. The number of nitriles is 1. The number of halogens is 1. The van der Waals surface area contributed by atoms with E-state index in [0.29, 0.717) is 23.1 Å². The number of benzene rings is 2. The molecule has 0 bridgehead atoms. The van der Waals surface area contributed by atoms with Gasteiger partial charge in [0, 0.05) is 12.0 Å². The van der Waals surface area contributed by atoms with E-state index < -0.39 is 17.8 Å². The first-order valence-electron chi connectivity index (χ1n) is 9.04. The zero-order valence-corrected chi connectivity index (χ0v) is 15.1. The van der Waals surface area contributed by atoms with Crippen LogP contribution < -0.4 is 10.6 Å². The molecular weight excluding hydrogens is 361 g/mol. The summed E-state index contributed by atoms with van der Waals surface area (Å²) in [6, 6.07) is 11.8. The molecule has 1 aliphatic rings. The molecule has 3 N–H and O–H groups in total. The summed E-state index contributed by atoms with van der Waals surface area (Å²) in [6.45, 7) is 0.752. The number of nitrogens with one attached hydrogen (secondary N) is 2. The molecule has 0 unspecified atom stereocenters. The van der Waals surface area contributed by atoms with Crippen LogP contribution in [-0.4, -0.2) is 35.6 Å². The predicted octanol–water partition coefficient (Wildman–Crippen LogP) is 2.23. The fourth-order valence-electron chi connectivity index (χ4n) is 3.32. The number of aliphatic carboxylic acids is 1. The van der Waals surface area contributed by atoms with Crippen LogP contribution in [0.4, 0.5) is 4.39 Å². The minimum Gasteiger partial charge on any atom is -0.480 e. The van der Waals surface area contributed by atoms with Gasteiger partial charge in [0.25, 0.3) is 0 Å². The standard InChI is InChI=1S/C21H20FN3O3/c22-17-4-1-3-15(16(17)12-23)14-8-6-13(7-9-14)11-19(21(27)28)25-20(26)18-5-2-10-24-18/h1,3-4,6-9,18-19,24H,2,5,10-11H2,(H,25,26)(H,27,28)/t18-,19-/m0/s1. The molecule has 3 rings (SSSR count). The van der Waals surface area contributed by atoms with Gasteiger partial charge in [0.15, 0.2) is 0 Å². The maximum Gasteiger partial charge on any atom is 0.326 e. The molecule has 0 spiro atoms. The van der Waals surface area contributed by atoms with Gasteiger partial charge in [0.05, 0.1) is 11.6 Å². The van der Waals surface area contributed by atoms with Gasteiger partial charge < -0.3 is 15.7 Å². The van der Waals surface area contributed by atoms with Gasteiger partial charge in [-0.3, -0.25) is 4.79 Å². The monoisotopic (exact) mass is 381 g/mol. The van der Waals surface area contributed by atoms with Crippen molar-refractivity contribution < 1.29 is 19.1 Å². The molecule has 28 heavy (non-hydrogen) atoms. The maximum atomic E-state index is 13.8. The third-order valence-corrected chi connectivity index (χ3v) is 4.82. The Morgan fingerprint density at radius 3 is 2.64 bits per heavy atom. The van der Waals surface area contributed by atoms with E-state index in [1.165, 1.54) is 12.1 Å². The summed E-state index contributed by atoms with van der Waals surface area (Å²) in [5, 5.41) is 24.2. The van der Waals surface area contributed by atoms with Crippen molar-refractivity contribution in [2.45, 2.75) is 31.3 Å². The normalized spacial score (nSPS) is 16.9. The average molecular weight is 381 g/mol. The van der Waals surface area contributed by atoms with Gasteiger partial charge in [0.2, 0.25) is 5.91 Å². The third-order valence-electron chi connectivity index (χ3n) is 4.82. The summed E-state index contributed by atoms with van der Waals surface area (Å²) in [7, 11) is 0. The topological polar surface area (TPSA) is 102 Å². The second-order valence-electron chi connectivity index (χ2n) is 6.72. The van der Waals surface area contributed by atoms with Crippen LogP contribution in [0.1, 0.15) is 24.0 Å². The number of carbonyl (C=O) groups excluding carboxylic acids is 1. The average Bonchev–Trinajstić information content (AvgIpc) is 3.22. The van der Waals surface area contributed by atoms with E-state index in [-0.39, 0.29) is 23.9 Å². The Morgan fingerprint density at radius 2 is 2.04 bits per heavy atom. The fraction of sp³-hybridized carbons (Fsp3) is 0.286. The van der Waals surface area contributed by atoms with E-state index in [1.54, 1.807) is 30.3 Å². The minimum atomic E-state index is -1.10. The zero-order valence-electron chi connectivity index (χ0n) is 15.1. The third kappa shape index (κ3) is 4.35. The Kier molecular flexibility index (Phi) is 6.02. The first-order valence-corrected chi connectivity index (χ1v) is 9.04. The van der Waals surface area contributed by atoms with Crippen LogP contribution in [0, 0.1) is 17.1 Å². The van der Waals surface area contributed by atoms with Gasteiger partial charge in [-0.1, -0.05) is 36.4 Å². The molecule has 0 aliphatic carbocycles. The molecule has 1 amide bonds. The molecule has 0 aromatic heterocycles. The van der Waals surface area contributed by atoms with Crippen LogP contribution in [0.25, 0.3) is 11.1 Å². The van der Waals surface area contributed by atoms with Crippen molar-refractivity contribution in [1.29, 1.82) is 5.26 Å². The molecule has 7 heteroatoms. The summed E-state index contributed by atoms with van der Waals surface area (Å²) in [5.41, 5.74) is 1.82. The van der Waals surface area contributed by atoms with E-state index in [4.69, 9.17) is 5.26 Å². The zero-order chi connectivity index (χ0) is 20.1. The second kappa shape index (κ2) is 8.63. The Labute approximate surface area is 162 Å². The lowest BCUT2D eigenvalue weighted by atomic mass is 9.97. The Hall–Kier alpha value is -3.24. The van der Waals surface area contributed by atoms with Crippen LogP contribution >= 0.6 is 0 Å². The number of amides is 1. The first kappa shape index (κ1) is 19.5. The maximum absolute atomic E-state index is 13.8. The highest BCUT2D eigenvalue weighted by molar-refractivity contribution is 5.87. The molecule has 0 radical (unpaired) electrons. The number of nitrogens with zero attached hydrogens (tertiary/aromatic N) is 1. The lowest BCUT2D eigenvalue weighted by Gasteiger charge is -2.18. The van der Waals surface area contributed by atoms with Gasteiger partial charge in [0.1, 0.15) is 17.9 Å². The van der Waals surface area contributed by atoms with Gasteiger partial charge in [-0.25, -0.2) is 9.18 Å². The van der Waals surface area contributed by atoms with Crippen molar-refractivity contribution in [2.24, 2.45) is 0 Å². The second-order valence-corrected chi connectivity index (χ2v) is 6.72. The van der Waals surface area contributed by atoms with Crippen molar-refractivity contribution in [3.8, 4) is 17.2 Å². The molecule has 2 atom stereocenters. The van der Waals surface area contributed by atoms with Gasteiger partial charge in [-0.05, 0) is 36.6 Å². The van der Waals surface area contributed by atoms with E-state index in [1.807, 2.05) is 6.07 Å². The molecule has 2 aromatic rings. The van der Waals surface area contributed by atoms with Crippen molar-refractivity contribution in [1.82, 2.24) is 10.6 Å². The number of carboxylic acids is 1. The largest absolute Gasteiger partial charge is 0.480 e. The van der Waals surface area contributed by atoms with Crippen molar-refractivity contribution in [3.05, 3.63) is 59.4 Å². The van der Waals surface area contributed by atoms with Crippen LogP contribution in [0.15, 0.2) is 42.5 Å². The molecule has 6 nitrogen and oxygen atoms in total. The first-order chi connectivity index (χ1) is 13.5. The van der Waals surface area contributed by atoms with Crippen LogP contribution in [0.5, 0.6) is 0 Å². The number of carboxylic acid groups (broad SMARTS) is 1. The summed E-state index contributed by atoms with van der Waals surface area (Å²) in [4.78, 5) is 23.7. The van der Waals surface area contributed by atoms with E-state index in [9.17, 15) is 19.1 Å². The Morgan fingerprint density at radius 1 is 1.29 bits per heavy atom. The molecule has 1 saturated heterocycles. The summed E-state index contributed by atoms with van der Waals surface area (Å²) >= 11 is 0. The fourth-order valence-corrected chi connectivity index (χ4v) is 3.32. The number of hydrogen-bond donors (Lipinski definition) is 3. The molecule has 144 valence electrons. The Balaban J connectivity index is 1.73. The summed E-state index contributed by atoms with van der Waals surface area (Å²) < 4.78 is 13.8. The van der Waals surface area contributed by atoms with E-state index in [2.05, 4.69) is 10.6 Å². The SMILES string of the molecule is N#Cc1c(F)cccc1-c1ccc(C[C@H](NC(=O)[C@@H]2CCCN2)C(=O)O)cc1. The number of carbonyl (C=O) groups is 2. The van der Waals surface area contributed by atoms with Crippen molar-refractivity contribution >= 4 is 11.9 Å². The molecular formula is C21H20FN3O3. The summed E-state index contributed by atoms with van der Waals surface area (Å²) in [5.74, 6) is -1.99. The molecule has 1 aliphatic heterocycles. The lowest BCUT2D eigenvalue weighted by Crippen LogP contribution is -2.49. The predicted molar refractivity (Wildman–Crippen MR) is 101 cm³/mol. The highest BCUT2D eigenvalue weighted by atomic mass is 19.1. The molecule has 1 fully saturated rings. The van der Waals surface area contributed by atoms with Crippen molar-refractivity contribution in [3.63, 3.8) is 0 Å². The number of rotatable bonds is 6. The van der Waals surface area contributed by atoms with Crippen LogP contribution in [0.2, 0.25) is 0 Å². The van der Waals surface area contributed by atoms with E-state index >= 15 is 0 Å². The molecule has 2 aromatic carbocycles. The Bertz CT molecular complexity index is 915. The summed E-state index contributed by atoms with van der Waals surface area (Å²) in [6.07, 6.45) is 1.71. The highest BCUT2D eigenvalue weighted by Crippen LogP contribution is 2.25. The van der Waals surface area contributed by atoms with Crippen molar-refractivity contribution in [2.75, 3.05) is 6.54 Å². The highest BCUT2D eigenvalue weighted by Gasteiger charge is 2.27. The van der Waals surface area contributed by atoms with Crippen LogP contribution in [-0.2, 0) is 16.0 Å². The van der Waals surface area contributed by atoms with E-state index in [0.717, 1.165) is 13.0 Å². The lowest BCUT2D eigenvalue weighted by molar-refractivity contribution is -0.142. The quantitative estimate of drug-likeness (QED) is 0.712. The smallest absolute Gasteiger partial charge is 0.326 e. The van der Waals surface area contributed by atoms with Crippen LogP contribution in [0.3, 0.4) is 0 Å². The van der Waals surface area contributed by atoms with Gasteiger partial charge >= 0.3 is 5.97 Å². The molecule has 1 heterocycles.